The number of sulfonamides is 1. The Kier molecular flexibility index (Phi) is 7.84. The van der Waals surface area contributed by atoms with Gasteiger partial charge in [0.2, 0.25) is 10.0 Å². The predicted molar refractivity (Wildman–Crippen MR) is 131 cm³/mol. The molecular formula is C27H28F6N2O3S. The van der Waals surface area contributed by atoms with E-state index >= 15 is 0 Å². The molecule has 1 aliphatic carbocycles. The van der Waals surface area contributed by atoms with Gasteiger partial charge in [-0.05, 0) is 68.4 Å². The van der Waals surface area contributed by atoms with Crippen molar-refractivity contribution in [3.05, 3.63) is 70.8 Å². The second-order valence-electron chi connectivity index (χ2n) is 10.3. The standard InChI is InChI=1S/C27H28F6N2O3S/c1-19(20-14-22(26(28,29)30)16-23(15-20)27(31,32)33)38-18-24(21-6-3-2-4-7-21)8-10-25(17-34,11-9-24)35-12-5-13-39(35,36)37/h2-4,6-7,14-16,19H,5,8-13,18H2,1H3/t19-,24-,25+/m1/s1. The largest absolute Gasteiger partial charge is 0.416 e. The van der Waals surface area contributed by atoms with Crippen LogP contribution in [0.25, 0.3) is 0 Å². The van der Waals surface area contributed by atoms with E-state index in [1.54, 1.807) is 18.2 Å². The fourth-order valence-electron chi connectivity index (χ4n) is 5.58. The van der Waals surface area contributed by atoms with Crippen LogP contribution in [0.15, 0.2) is 48.5 Å². The Balaban J connectivity index is 1.61. The molecule has 1 saturated carbocycles. The first-order chi connectivity index (χ1) is 18.1. The van der Waals surface area contributed by atoms with Crippen LogP contribution in [-0.4, -0.2) is 37.2 Å². The summed E-state index contributed by atoms with van der Waals surface area (Å²) >= 11 is 0. The molecule has 0 unspecified atom stereocenters. The molecule has 2 aliphatic rings. The molecule has 2 aromatic carbocycles. The van der Waals surface area contributed by atoms with Gasteiger partial charge in [0.1, 0.15) is 5.54 Å². The van der Waals surface area contributed by atoms with Gasteiger partial charge >= 0.3 is 12.4 Å². The van der Waals surface area contributed by atoms with Crippen molar-refractivity contribution < 1.29 is 39.5 Å². The van der Waals surface area contributed by atoms with E-state index in [9.17, 15) is 40.0 Å². The van der Waals surface area contributed by atoms with Gasteiger partial charge in [-0.25, -0.2) is 8.42 Å². The molecule has 39 heavy (non-hydrogen) atoms. The van der Waals surface area contributed by atoms with Gasteiger partial charge in [-0.2, -0.15) is 35.9 Å². The SMILES string of the molecule is C[C@@H](OC[C@]1(c2ccccc2)CC[C@@](C#N)(N2CCCS2(=O)=O)CC1)c1cc(C(F)(F)F)cc(C(F)(F)F)c1. The Morgan fingerprint density at radius 2 is 1.54 bits per heavy atom. The molecule has 0 N–H and O–H groups in total. The number of nitrogens with zero attached hydrogens (tertiary/aromatic N) is 2. The molecule has 1 atom stereocenters. The third kappa shape index (κ3) is 5.95. The fourth-order valence-corrected chi connectivity index (χ4v) is 7.46. The van der Waals surface area contributed by atoms with E-state index in [-0.39, 0.29) is 43.4 Å². The van der Waals surface area contributed by atoms with Gasteiger partial charge < -0.3 is 4.74 Å². The maximum atomic E-state index is 13.4. The first kappa shape index (κ1) is 29.4. The maximum absolute atomic E-state index is 13.4. The smallest absolute Gasteiger partial charge is 0.373 e. The summed E-state index contributed by atoms with van der Waals surface area (Å²) in [6.45, 7) is 1.62. The quantitative estimate of drug-likeness (QED) is 0.364. The average molecular weight is 575 g/mol. The zero-order chi connectivity index (χ0) is 28.7. The van der Waals surface area contributed by atoms with Gasteiger partial charge in [0.15, 0.2) is 0 Å². The van der Waals surface area contributed by atoms with E-state index in [1.807, 2.05) is 12.1 Å². The third-order valence-electron chi connectivity index (χ3n) is 7.89. The Morgan fingerprint density at radius 3 is 2.00 bits per heavy atom. The number of halogens is 6. The molecule has 12 heteroatoms. The highest BCUT2D eigenvalue weighted by atomic mass is 32.2. The van der Waals surface area contributed by atoms with Crippen molar-refractivity contribution in [2.75, 3.05) is 18.9 Å². The van der Waals surface area contributed by atoms with Gasteiger partial charge in [0.25, 0.3) is 0 Å². The summed E-state index contributed by atoms with van der Waals surface area (Å²) in [5.41, 5.74) is -4.16. The number of alkyl halides is 6. The number of nitriles is 1. The molecule has 0 aromatic heterocycles. The Morgan fingerprint density at radius 1 is 0.974 bits per heavy atom. The van der Waals surface area contributed by atoms with E-state index in [1.165, 1.54) is 11.2 Å². The van der Waals surface area contributed by atoms with Gasteiger partial charge in [-0.3, -0.25) is 0 Å². The Bertz CT molecular complexity index is 1300. The van der Waals surface area contributed by atoms with E-state index < -0.39 is 50.6 Å². The summed E-state index contributed by atoms with van der Waals surface area (Å²) in [5, 5.41) is 10.1. The van der Waals surface area contributed by atoms with Crippen LogP contribution >= 0.6 is 0 Å². The molecule has 1 heterocycles. The fraction of sp³-hybridized carbons (Fsp3) is 0.519. The number of hydrogen-bond donors (Lipinski definition) is 0. The summed E-state index contributed by atoms with van der Waals surface area (Å²) in [5.74, 6) is -0.0161. The van der Waals surface area contributed by atoms with Crippen LogP contribution in [0.3, 0.4) is 0 Å². The van der Waals surface area contributed by atoms with E-state index in [2.05, 4.69) is 6.07 Å². The molecule has 4 rings (SSSR count). The molecular weight excluding hydrogens is 546 g/mol. The summed E-state index contributed by atoms with van der Waals surface area (Å²) in [6, 6.07) is 12.8. The topological polar surface area (TPSA) is 70.4 Å². The monoisotopic (exact) mass is 574 g/mol. The van der Waals surface area contributed by atoms with Gasteiger partial charge in [-0.15, -0.1) is 0 Å². The zero-order valence-corrected chi connectivity index (χ0v) is 22.0. The first-order valence-electron chi connectivity index (χ1n) is 12.5. The van der Waals surface area contributed by atoms with E-state index in [0.717, 1.165) is 5.56 Å². The molecule has 2 fully saturated rings. The van der Waals surface area contributed by atoms with Crippen molar-refractivity contribution in [3.63, 3.8) is 0 Å². The van der Waals surface area contributed by atoms with Crippen LogP contribution < -0.4 is 0 Å². The Labute approximate surface area is 223 Å². The minimum absolute atomic E-state index is 0.0161. The van der Waals surface area contributed by atoms with Crippen LogP contribution in [0.2, 0.25) is 0 Å². The van der Waals surface area contributed by atoms with E-state index in [4.69, 9.17) is 4.74 Å². The predicted octanol–water partition coefficient (Wildman–Crippen LogP) is 6.61. The normalized spacial score (nSPS) is 26.7. The van der Waals surface area contributed by atoms with Crippen LogP contribution in [0, 0.1) is 11.3 Å². The van der Waals surface area contributed by atoms with Crippen LogP contribution in [0.5, 0.6) is 0 Å². The molecule has 0 amide bonds. The maximum Gasteiger partial charge on any atom is 0.416 e. The molecule has 212 valence electrons. The Hall–Kier alpha value is -2.62. The highest BCUT2D eigenvalue weighted by Crippen LogP contribution is 2.48. The third-order valence-corrected chi connectivity index (χ3v) is 9.90. The zero-order valence-electron chi connectivity index (χ0n) is 21.1. The summed E-state index contributed by atoms with van der Waals surface area (Å²) in [4.78, 5) is 0. The van der Waals surface area contributed by atoms with Crippen LogP contribution in [0.4, 0.5) is 26.3 Å². The van der Waals surface area contributed by atoms with Crippen LogP contribution in [0.1, 0.15) is 67.4 Å². The second kappa shape index (κ2) is 10.4. The lowest BCUT2D eigenvalue weighted by molar-refractivity contribution is -0.143. The van der Waals surface area contributed by atoms with Crippen LogP contribution in [-0.2, 0) is 32.5 Å². The number of rotatable bonds is 6. The lowest BCUT2D eigenvalue weighted by Gasteiger charge is -2.46. The van der Waals surface area contributed by atoms with Crippen molar-refractivity contribution in [2.45, 2.75) is 68.4 Å². The highest BCUT2D eigenvalue weighted by molar-refractivity contribution is 7.89. The molecule has 0 bridgehead atoms. The summed E-state index contributed by atoms with van der Waals surface area (Å²) in [6.07, 6.45) is -9.47. The minimum atomic E-state index is -4.97. The molecule has 2 aromatic rings. The van der Waals surface area contributed by atoms with Crippen molar-refractivity contribution in [2.24, 2.45) is 0 Å². The van der Waals surface area contributed by atoms with Crippen molar-refractivity contribution in [1.29, 1.82) is 5.26 Å². The number of benzene rings is 2. The summed E-state index contributed by atoms with van der Waals surface area (Å²) < 4.78 is 113. The lowest BCUT2D eigenvalue weighted by atomic mass is 9.64. The first-order valence-corrected chi connectivity index (χ1v) is 14.1. The minimum Gasteiger partial charge on any atom is -0.373 e. The van der Waals surface area contributed by atoms with Crippen molar-refractivity contribution >= 4 is 10.0 Å². The molecule has 1 aliphatic heterocycles. The number of ether oxygens (including phenoxy) is 1. The van der Waals surface area contributed by atoms with Gasteiger partial charge in [0.05, 0.1) is 35.7 Å². The lowest BCUT2D eigenvalue weighted by Crippen LogP contribution is -2.53. The summed E-state index contributed by atoms with van der Waals surface area (Å²) in [7, 11) is -3.56. The van der Waals surface area contributed by atoms with Gasteiger partial charge in [0, 0.05) is 12.0 Å². The highest BCUT2D eigenvalue weighted by Gasteiger charge is 2.52. The molecule has 1 saturated heterocycles. The van der Waals surface area contributed by atoms with Crippen molar-refractivity contribution in [1.82, 2.24) is 4.31 Å². The number of hydrogen-bond acceptors (Lipinski definition) is 4. The average Bonchev–Trinajstić information content (AvgIpc) is 3.26. The van der Waals surface area contributed by atoms with Crippen molar-refractivity contribution in [3.8, 4) is 6.07 Å². The second-order valence-corrected chi connectivity index (χ2v) is 12.3. The van der Waals surface area contributed by atoms with Gasteiger partial charge in [-0.1, -0.05) is 30.3 Å². The molecule has 0 spiro atoms. The van der Waals surface area contributed by atoms with E-state index in [0.29, 0.717) is 31.4 Å². The molecule has 5 nitrogen and oxygen atoms in total. The molecule has 0 radical (unpaired) electrons.